The quantitative estimate of drug-likeness (QED) is 0.407. The molecule has 0 atom stereocenters. The van der Waals surface area contributed by atoms with Gasteiger partial charge in [0.1, 0.15) is 0 Å². The summed E-state index contributed by atoms with van der Waals surface area (Å²) in [5.41, 5.74) is 7.84. The first kappa shape index (κ1) is 23.3. The second-order valence-electron chi connectivity index (χ2n) is 8.08. The van der Waals surface area contributed by atoms with Crippen LogP contribution in [-0.4, -0.2) is 44.9 Å². The Morgan fingerprint density at radius 3 is 2.29 bits per heavy atom. The zero-order chi connectivity index (χ0) is 23.9. The molecule has 0 radical (unpaired) electrons. The third-order valence-electron chi connectivity index (χ3n) is 5.90. The van der Waals surface area contributed by atoms with Gasteiger partial charge in [-0.3, -0.25) is 9.69 Å². The van der Waals surface area contributed by atoms with Gasteiger partial charge >= 0.3 is 0 Å². The van der Waals surface area contributed by atoms with Gasteiger partial charge in [0.15, 0.2) is 11.5 Å². The number of methoxy groups -OCH3 is 3. The predicted octanol–water partition coefficient (Wildman–Crippen LogP) is 4.03. The van der Waals surface area contributed by atoms with Crippen LogP contribution in [0.5, 0.6) is 17.2 Å². The van der Waals surface area contributed by atoms with Gasteiger partial charge in [-0.25, -0.2) is 5.43 Å². The number of nitrogens with zero attached hydrogens (tertiary/aromatic N) is 2. The Morgan fingerprint density at radius 2 is 1.65 bits per heavy atom. The standard InChI is InChI=1S/C27H29N3O4/c1-32-24-14-20(15-25(33-2)26(24)34-3)16-28-29-27(31)22-10-8-19(9-11-22)17-30-13-12-21-6-4-5-7-23(21)18-30/h4-11,14-16H,12-13,17-18H2,1-3H3,(H,29,31)/b28-16-. The molecule has 0 saturated heterocycles. The van der Waals surface area contributed by atoms with Gasteiger partial charge in [0.25, 0.3) is 5.91 Å². The Bertz CT molecular complexity index is 1150. The van der Waals surface area contributed by atoms with Crippen molar-refractivity contribution in [2.24, 2.45) is 5.10 Å². The highest BCUT2D eigenvalue weighted by molar-refractivity contribution is 5.95. The van der Waals surface area contributed by atoms with E-state index in [0.29, 0.717) is 28.4 Å². The highest BCUT2D eigenvalue weighted by atomic mass is 16.5. The summed E-state index contributed by atoms with van der Waals surface area (Å²) in [5, 5.41) is 4.08. The highest BCUT2D eigenvalue weighted by Crippen LogP contribution is 2.37. The number of nitrogens with one attached hydrogen (secondary N) is 1. The van der Waals surface area contributed by atoms with Gasteiger partial charge in [0, 0.05) is 30.8 Å². The maximum Gasteiger partial charge on any atom is 0.271 e. The Labute approximate surface area is 200 Å². The lowest BCUT2D eigenvalue weighted by Crippen LogP contribution is -2.30. The normalized spacial score (nSPS) is 13.4. The summed E-state index contributed by atoms with van der Waals surface area (Å²) in [5.74, 6) is 1.26. The van der Waals surface area contributed by atoms with Crippen molar-refractivity contribution in [3.05, 3.63) is 88.5 Å². The van der Waals surface area contributed by atoms with Crippen LogP contribution in [0.25, 0.3) is 0 Å². The van der Waals surface area contributed by atoms with E-state index in [0.717, 1.165) is 26.1 Å². The van der Waals surface area contributed by atoms with E-state index in [4.69, 9.17) is 14.2 Å². The number of carbonyl (C=O) groups is 1. The zero-order valence-corrected chi connectivity index (χ0v) is 19.7. The van der Waals surface area contributed by atoms with Crippen LogP contribution in [0.3, 0.4) is 0 Å². The number of hydrogen-bond donors (Lipinski definition) is 1. The van der Waals surface area contributed by atoms with E-state index in [1.807, 2.05) is 24.3 Å². The van der Waals surface area contributed by atoms with Crippen molar-refractivity contribution in [3.63, 3.8) is 0 Å². The molecule has 0 spiro atoms. The van der Waals surface area contributed by atoms with Crippen molar-refractivity contribution in [2.45, 2.75) is 19.5 Å². The number of ether oxygens (including phenoxy) is 3. The number of benzene rings is 3. The minimum absolute atomic E-state index is 0.276. The van der Waals surface area contributed by atoms with E-state index in [-0.39, 0.29) is 5.91 Å². The first-order chi connectivity index (χ1) is 16.6. The number of hydrogen-bond acceptors (Lipinski definition) is 6. The minimum Gasteiger partial charge on any atom is -0.493 e. The van der Waals surface area contributed by atoms with Crippen molar-refractivity contribution < 1.29 is 19.0 Å². The van der Waals surface area contributed by atoms with Gasteiger partial charge in [-0.1, -0.05) is 36.4 Å². The lowest BCUT2D eigenvalue weighted by molar-refractivity contribution is 0.0955. The van der Waals surface area contributed by atoms with Crippen molar-refractivity contribution in [1.82, 2.24) is 10.3 Å². The van der Waals surface area contributed by atoms with Crippen molar-refractivity contribution in [2.75, 3.05) is 27.9 Å². The van der Waals surface area contributed by atoms with Crippen LogP contribution in [0.2, 0.25) is 0 Å². The Hall–Kier alpha value is -3.84. The van der Waals surface area contributed by atoms with E-state index in [2.05, 4.69) is 39.7 Å². The summed E-state index contributed by atoms with van der Waals surface area (Å²) >= 11 is 0. The number of amides is 1. The molecule has 1 amide bonds. The third kappa shape index (κ3) is 5.38. The number of fused-ring (bicyclic) bond motifs is 1. The summed E-state index contributed by atoms with van der Waals surface area (Å²) in [6.07, 6.45) is 2.60. The minimum atomic E-state index is -0.276. The molecule has 176 valence electrons. The lowest BCUT2D eigenvalue weighted by atomic mass is 9.99. The van der Waals surface area contributed by atoms with Crippen molar-refractivity contribution in [3.8, 4) is 17.2 Å². The molecule has 1 heterocycles. The Kier molecular flexibility index (Phi) is 7.44. The van der Waals surface area contributed by atoms with Crippen LogP contribution in [0, 0.1) is 0 Å². The van der Waals surface area contributed by atoms with Gasteiger partial charge in [0.05, 0.1) is 27.5 Å². The van der Waals surface area contributed by atoms with Gasteiger partial charge < -0.3 is 14.2 Å². The molecule has 0 unspecified atom stereocenters. The fraction of sp³-hybridized carbons (Fsp3) is 0.259. The van der Waals surface area contributed by atoms with E-state index in [9.17, 15) is 4.79 Å². The molecule has 34 heavy (non-hydrogen) atoms. The number of carbonyl (C=O) groups excluding carboxylic acids is 1. The molecule has 1 aliphatic heterocycles. The average molecular weight is 460 g/mol. The summed E-state index contributed by atoms with van der Waals surface area (Å²) in [4.78, 5) is 14.9. The van der Waals surface area contributed by atoms with Gasteiger partial charge in [-0.15, -0.1) is 0 Å². The highest BCUT2D eigenvalue weighted by Gasteiger charge is 2.16. The molecule has 4 rings (SSSR count). The molecule has 3 aromatic carbocycles. The van der Waals surface area contributed by atoms with Crippen molar-refractivity contribution in [1.29, 1.82) is 0 Å². The van der Waals surface area contributed by atoms with E-state index < -0.39 is 0 Å². The summed E-state index contributed by atoms with van der Waals surface area (Å²) in [6, 6.07) is 19.8. The van der Waals surface area contributed by atoms with Gasteiger partial charge in [-0.2, -0.15) is 5.10 Å². The molecule has 1 N–H and O–H groups in total. The van der Waals surface area contributed by atoms with E-state index in [1.165, 1.54) is 22.9 Å². The summed E-state index contributed by atoms with van der Waals surface area (Å²) < 4.78 is 16.0. The number of hydrazone groups is 1. The maximum absolute atomic E-state index is 12.5. The smallest absolute Gasteiger partial charge is 0.271 e. The molecule has 0 saturated carbocycles. The molecule has 0 fully saturated rings. The second kappa shape index (κ2) is 10.9. The topological polar surface area (TPSA) is 72.4 Å². The van der Waals surface area contributed by atoms with Crippen LogP contribution in [0.4, 0.5) is 0 Å². The zero-order valence-electron chi connectivity index (χ0n) is 19.7. The fourth-order valence-electron chi connectivity index (χ4n) is 4.11. The third-order valence-corrected chi connectivity index (χ3v) is 5.90. The molecule has 7 nitrogen and oxygen atoms in total. The molecular formula is C27H29N3O4. The predicted molar refractivity (Wildman–Crippen MR) is 132 cm³/mol. The molecular weight excluding hydrogens is 430 g/mol. The van der Waals surface area contributed by atoms with E-state index in [1.54, 1.807) is 33.5 Å². The van der Waals surface area contributed by atoms with Crippen LogP contribution >= 0.6 is 0 Å². The lowest BCUT2D eigenvalue weighted by Gasteiger charge is -2.28. The average Bonchev–Trinajstić information content (AvgIpc) is 2.88. The molecule has 7 heteroatoms. The number of rotatable bonds is 8. The first-order valence-corrected chi connectivity index (χ1v) is 11.1. The van der Waals surface area contributed by atoms with Gasteiger partial charge in [-0.05, 0) is 47.4 Å². The molecule has 0 aliphatic carbocycles. The van der Waals surface area contributed by atoms with Crippen LogP contribution in [-0.2, 0) is 19.5 Å². The molecule has 3 aromatic rings. The molecule has 0 aromatic heterocycles. The van der Waals surface area contributed by atoms with Crippen LogP contribution < -0.4 is 19.6 Å². The second-order valence-corrected chi connectivity index (χ2v) is 8.08. The monoisotopic (exact) mass is 459 g/mol. The fourth-order valence-corrected chi connectivity index (χ4v) is 4.11. The first-order valence-electron chi connectivity index (χ1n) is 11.1. The van der Waals surface area contributed by atoms with E-state index >= 15 is 0 Å². The van der Waals surface area contributed by atoms with Crippen LogP contribution in [0.1, 0.15) is 32.6 Å². The maximum atomic E-state index is 12.5. The summed E-state index contributed by atoms with van der Waals surface area (Å²) in [6.45, 7) is 2.85. The SMILES string of the molecule is COc1cc(/C=N\NC(=O)c2ccc(CN3CCc4ccccc4C3)cc2)cc(OC)c1OC. The van der Waals surface area contributed by atoms with Crippen molar-refractivity contribution >= 4 is 12.1 Å². The molecule has 1 aliphatic rings. The van der Waals surface area contributed by atoms with Crippen LogP contribution in [0.15, 0.2) is 65.8 Å². The summed E-state index contributed by atoms with van der Waals surface area (Å²) in [7, 11) is 4.65. The largest absolute Gasteiger partial charge is 0.493 e. The molecule has 0 bridgehead atoms. The Balaban J connectivity index is 1.35. The Morgan fingerprint density at radius 1 is 0.971 bits per heavy atom. The van der Waals surface area contributed by atoms with Gasteiger partial charge in [0.2, 0.25) is 5.75 Å².